The number of pyridine rings is 1. The van der Waals surface area contributed by atoms with Crippen LogP contribution < -0.4 is 10.1 Å². The Kier molecular flexibility index (Phi) is 4.76. The Labute approximate surface area is 118 Å². The predicted molar refractivity (Wildman–Crippen MR) is 77.1 cm³/mol. The van der Waals surface area contributed by atoms with Gasteiger partial charge in [-0.3, -0.25) is 10.1 Å². The van der Waals surface area contributed by atoms with Gasteiger partial charge < -0.3 is 10.1 Å². The molecule has 20 heavy (non-hydrogen) atoms. The van der Waals surface area contributed by atoms with Gasteiger partial charge in [0.25, 0.3) is 0 Å². The maximum absolute atomic E-state index is 11.1. The molecule has 1 aliphatic carbocycles. The van der Waals surface area contributed by atoms with E-state index in [9.17, 15) is 10.1 Å². The SMILES string of the molecule is CCC1CCCC(Nc2nc(OC)ccc2[N+](=O)[O-])C1. The van der Waals surface area contributed by atoms with E-state index in [1.54, 1.807) is 0 Å². The first-order valence-electron chi connectivity index (χ1n) is 7.10. The lowest BCUT2D eigenvalue weighted by atomic mass is 9.84. The van der Waals surface area contributed by atoms with Crippen LogP contribution in [0.15, 0.2) is 12.1 Å². The van der Waals surface area contributed by atoms with Crippen molar-refractivity contribution in [2.75, 3.05) is 12.4 Å². The molecule has 1 aromatic heterocycles. The van der Waals surface area contributed by atoms with Gasteiger partial charge in [-0.05, 0) is 18.8 Å². The molecule has 0 aromatic carbocycles. The molecule has 1 fully saturated rings. The van der Waals surface area contributed by atoms with Crippen LogP contribution in [0.4, 0.5) is 11.5 Å². The van der Waals surface area contributed by atoms with E-state index in [4.69, 9.17) is 4.74 Å². The van der Waals surface area contributed by atoms with E-state index >= 15 is 0 Å². The summed E-state index contributed by atoms with van der Waals surface area (Å²) in [6.07, 6.45) is 5.65. The van der Waals surface area contributed by atoms with E-state index in [0.717, 1.165) is 25.7 Å². The van der Waals surface area contributed by atoms with Gasteiger partial charge in [0.15, 0.2) is 0 Å². The summed E-state index contributed by atoms with van der Waals surface area (Å²) >= 11 is 0. The highest BCUT2D eigenvalue weighted by Crippen LogP contribution is 2.31. The van der Waals surface area contributed by atoms with Crippen LogP contribution in [0.5, 0.6) is 5.88 Å². The van der Waals surface area contributed by atoms with Crippen LogP contribution in [-0.4, -0.2) is 23.1 Å². The minimum absolute atomic E-state index is 0.00409. The second-order valence-electron chi connectivity index (χ2n) is 5.26. The van der Waals surface area contributed by atoms with Crippen LogP contribution in [0.3, 0.4) is 0 Å². The predicted octanol–water partition coefficient (Wildman–Crippen LogP) is 3.38. The fourth-order valence-electron chi connectivity index (χ4n) is 2.79. The molecule has 1 heterocycles. The summed E-state index contributed by atoms with van der Waals surface area (Å²) in [4.78, 5) is 14.8. The van der Waals surface area contributed by atoms with Crippen molar-refractivity contribution in [2.45, 2.75) is 45.1 Å². The number of nitrogens with zero attached hydrogens (tertiary/aromatic N) is 2. The first-order valence-corrected chi connectivity index (χ1v) is 7.10. The number of methoxy groups -OCH3 is 1. The minimum atomic E-state index is -0.408. The van der Waals surface area contributed by atoms with Crippen molar-refractivity contribution in [3.05, 3.63) is 22.2 Å². The number of anilines is 1. The van der Waals surface area contributed by atoms with Crippen LogP contribution in [0, 0.1) is 16.0 Å². The largest absolute Gasteiger partial charge is 0.481 e. The van der Waals surface area contributed by atoms with E-state index in [1.165, 1.54) is 25.7 Å². The third kappa shape index (κ3) is 3.37. The Bertz CT molecular complexity index is 479. The van der Waals surface area contributed by atoms with E-state index in [1.807, 2.05) is 0 Å². The van der Waals surface area contributed by atoms with Crippen LogP contribution in [0.25, 0.3) is 0 Å². The lowest BCUT2D eigenvalue weighted by molar-refractivity contribution is -0.384. The van der Waals surface area contributed by atoms with Crippen LogP contribution in [0.1, 0.15) is 39.0 Å². The monoisotopic (exact) mass is 279 g/mol. The molecule has 110 valence electrons. The lowest BCUT2D eigenvalue weighted by Crippen LogP contribution is -2.27. The molecule has 6 nitrogen and oxygen atoms in total. The molecule has 0 radical (unpaired) electrons. The zero-order valence-corrected chi connectivity index (χ0v) is 12.0. The Balaban J connectivity index is 2.16. The van der Waals surface area contributed by atoms with Gasteiger partial charge in [0.2, 0.25) is 11.7 Å². The molecule has 6 heteroatoms. The molecule has 2 unspecified atom stereocenters. The molecule has 1 saturated carbocycles. The van der Waals surface area contributed by atoms with Gasteiger partial charge in [-0.15, -0.1) is 0 Å². The van der Waals surface area contributed by atoms with Crippen molar-refractivity contribution in [3.8, 4) is 5.88 Å². The van der Waals surface area contributed by atoms with E-state index in [2.05, 4.69) is 17.2 Å². The fraction of sp³-hybridized carbons (Fsp3) is 0.643. The minimum Gasteiger partial charge on any atom is -0.481 e. The number of nitrogens with one attached hydrogen (secondary N) is 1. The van der Waals surface area contributed by atoms with Crippen molar-refractivity contribution in [2.24, 2.45) is 5.92 Å². The quantitative estimate of drug-likeness (QED) is 0.660. The van der Waals surface area contributed by atoms with Gasteiger partial charge >= 0.3 is 5.69 Å². The summed E-state index contributed by atoms with van der Waals surface area (Å²) in [6, 6.07) is 3.21. The first-order chi connectivity index (χ1) is 9.63. The van der Waals surface area contributed by atoms with Gasteiger partial charge in [0.05, 0.1) is 12.0 Å². The molecule has 0 amide bonds. The summed E-state index contributed by atoms with van der Waals surface area (Å²) in [5, 5.41) is 14.3. The van der Waals surface area contributed by atoms with Gasteiger partial charge in [-0.1, -0.05) is 26.2 Å². The second-order valence-corrected chi connectivity index (χ2v) is 5.26. The highest BCUT2D eigenvalue weighted by molar-refractivity contribution is 5.57. The van der Waals surface area contributed by atoms with Crippen molar-refractivity contribution >= 4 is 11.5 Å². The number of rotatable bonds is 5. The smallest absolute Gasteiger partial charge is 0.311 e. The first kappa shape index (κ1) is 14.6. The number of ether oxygens (including phenoxy) is 1. The van der Waals surface area contributed by atoms with Gasteiger partial charge in [0, 0.05) is 18.2 Å². The molecule has 2 rings (SSSR count). The third-order valence-corrected chi connectivity index (χ3v) is 3.96. The third-order valence-electron chi connectivity index (χ3n) is 3.96. The van der Waals surface area contributed by atoms with Crippen molar-refractivity contribution in [3.63, 3.8) is 0 Å². The molecular weight excluding hydrogens is 258 g/mol. The molecule has 1 aromatic rings. The normalized spacial score (nSPS) is 22.3. The van der Waals surface area contributed by atoms with Crippen molar-refractivity contribution < 1.29 is 9.66 Å². The zero-order chi connectivity index (χ0) is 14.5. The van der Waals surface area contributed by atoms with Crippen LogP contribution in [0.2, 0.25) is 0 Å². The van der Waals surface area contributed by atoms with Gasteiger partial charge in [-0.2, -0.15) is 4.98 Å². The summed E-state index contributed by atoms with van der Waals surface area (Å²) in [5.74, 6) is 1.41. The molecule has 2 atom stereocenters. The van der Waals surface area contributed by atoms with E-state index in [-0.39, 0.29) is 11.7 Å². The van der Waals surface area contributed by atoms with Crippen LogP contribution >= 0.6 is 0 Å². The van der Waals surface area contributed by atoms with Crippen molar-refractivity contribution in [1.82, 2.24) is 4.98 Å². The standard InChI is InChI=1S/C14H21N3O3/c1-3-10-5-4-6-11(9-10)15-14-12(17(18)19)7-8-13(16-14)20-2/h7-8,10-11H,3-6,9H2,1-2H3,(H,15,16). The topological polar surface area (TPSA) is 77.3 Å². The zero-order valence-electron chi connectivity index (χ0n) is 12.0. The Morgan fingerprint density at radius 2 is 2.30 bits per heavy atom. The summed E-state index contributed by atoms with van der Waals surface area (Å²) in [7, 11) is 1.51. The molecule has 0 aliphatic heterocycles. The Morgan fingerprint density at radius 3 is 2.95 bits per heavy atom. The maximum atomic E-state index is 11.1. The summed E-state index contributed by atoms with van der Waals surface area (Å²) in [6.45, 7) is 2.19. The van der Waals surface area contributed by atoms with Gasteiger partial charge in [0.1, 0.15) is 0 Å². The van der Waals surface area contributed by atoms with Gasteiger partial charge in [-0.25, -0.2) is 0 Å². The molecule has 1 N–H and O–H groups in total. The number of nitro groups is 1. The number of hydrogen-bond donors (Lipinski definition) is 1. The summed E-state index contributed by atoms with van der Waals surface area (Å²) in [5.41, 5.74) is 0.00409. The van der Waals surface area contributed by atoms with Crippen molar-refractivity contribution in [1.29, 1.82) is 0 Å². The molecule has 0 spiro atoms. The lowest BCUT2D eigenvalue weighted by Gasteiger charge is -2.29. The van der Waals surface area contributed by atoms with E-state index < -0.39 is 4.92 Å². The fourth-order valence-corrected chi connectivity index (χ4v) is 2.79. The molecular formula is C14H21N3O3. The average Bonchev–Trinajstić information content (AvgIpc) is 2.47. The molecule has 0 saturated heterocycles. The summed E-state index contributed by atoms with van der Waals surface area (Å²) < 4.78 is 5.05. The van der Waals surface area contributed by atoms with E-state index in [0.29, 0.717) is 17.6 Å². The maximum Gasteiger partial charge on any atom is 0.311 e. The Morgan fingerprint density at radius 1 is 1.50 bits per heavy atom. The highest BCUT2D eigenvalue weighted by Gasteiger charge is 2.24. The Hall–Kier alpha value is -1.85. The number of aromatic nitrogens is 1. The number of hydrogen-bond acceptors (Lipinski definition) is 5. The highest BCUT2D eigenvalue weighted by atomic mass is 16.6. The van der Waals surface area contributed by atoms with Crippen LogP contribution in [-0.2, 0) is 0 Å². The molecule has 1 aliphatic rings. The average molecular weight is 279 g/mol. The molecule has 0 bridgehead atoms. The second kappa shape index (κ2) is 6.54.